The minimum Gasteiger partial charge on any atom is -0.447 e. The van der Waals surface area contributed by atoms with Gasteiger partial charge in [0.2, 0.25) is 0 Å². The van der Waals surface area contributed by atoms with Gasteiger partial charge in [-0.25, -0.2) is 19.6 Å². The van der Waals surface area contributed by atoms with E-state index in [0.29, 0.717) is 50.8 Å². The SMILES string of the molecule is CC(C)OC(=O)N1CCc2c(nc(-c3ccc(NC(=O)NCCCC(C)(C)C)cc3)nc2N2CCOCC2)C1. The second kappa shape index (κ2) is 12.6. The summed E-state index contributed by atoms with van der Waals surface area (Å²) in [6.07, 6.45) is 2.15. The normalized spacial score (nSPS) is 15.6. The summed E-state index contributed by atoms with van der Waals surface area (Å²) < 4.78 is 11.0. The number of ether oxygens (including phenoxy) is 2. The maximum atomic E-state index is 12.6. The van der Waals surface area contributed by atoms with Crippen LogP contribution in [0.2, 0.25) is 0 Å². The van der Waals surface area contributed by atoms with Gasteiger partial charge in [0.15, 0.2) is 5.82 Å². The standard InChI is InChI=1S/C29H42N6O4/c1-20(2)39-28(37)35-14-11-23-24(19-35)32-25(33-26(23)34-15-17-38-18-16-34)21-7-9-22(10-8-21)31-27(36)30-13-6-12-29(3,4)5/h7-10,20H,6,11-19H2,1-5H3,(H2,30,31,36). The van der Waals surface area contributed by atoms with Crippen molar-refractivity contribution in [2.75, 3.05) is 49.6 Å². The van der Waals surface area contributed by atoms with Crippen molar-refractivity contribution in [3.63, 3.8) is 0 Å². The summed E-state index contributed by atoms with van der Waals surface area (Å²) in [6.45, 7) is 14.7. The van der Waals surface area contributed by atoms with E-state index < -0.39 is 0 Å². The first kappa shape index (κ1) is 28.6. The highest BCUT2D eigenvalue weighted by molar-refractivity contribution is 5.89. The maximum absolute atomic E-state index is 12.6. The molecule has 2 aliphatic rings. The van der Waals surface area contributed by atoms with E-state index in [0.717, 1.165) is 48.6 Å². The summed E-state index contributed by atoms with van der Waals surface area (Å²) in [5.74, 6) is 1.50. The van der Waals surface area contributed by atoms with Crippen LogP contribution >= 0.6 is 0 Å². The molecule has 2 aliphatic heterocycles. The van der Waals surface area contributed by atoms with Crippen LogP contribution in [0.5, 0.6) is 0 Å². The van der Waals surface area contributed by atoms with Crippen molar-refractivity contribution in [2.45, 2.75) is 66.5 Å². The number of benzene rings is 1. The largest absolute Gasteiger partial charge is 0.447 e. The molecular formula is C29H42N6O4. The molecule has 0 unspecified atom stereocenters. The topological polar surface area (TPSA) is 109 Å². The molecule has 1 fully saturated rings. The third-order valence-electron chi connectivity index (χ3n) is 6.74. The Morgan fingerprint density at radius 2 is 1.79 bits per heavy atom. The highest BCUT2D eigenvalue weighted by atomic mass is 16.6. The minimum atomic E-state index is -0.323. The Morgan fingerprint density at radius 3 is 2.46 bits per heavy atom. The fourth-order valence-electron chi connectivity index (χ4n) is 4.71. The molecule has 3 heterocycles. The molecular weight excluding hydrogens is 496 g/mol. The molecule has 0 radical (unpaired) electrons. The maximum Gasteiger partial charge on any atom is 0.410 e. The molecule has 1 saturated heterocycles. The Bertz CT molecular complexity index is 1140. The Balaban J connectivity index is 1.50. The zero-order chi connectivity index (χ0) is 28.0. The van der Waals surface area contributed by atoms with Crippen LogP contribution in [0.1, 0.15) is 58.7 Å². The van der Waals surface area contributed by atoms with Gasteiger partial charge in [0.25, 0.3) is 0 Å². The number of carbonyl (C=O) groups excluding carboxylic acids is 2. The lowest BCUT2D eigenvalue weighted by molar-refractivity contribution is 0.0724. The summed E-state index contributed by atoms with van der Waals surface area (Å²) in [5, 5.41) is 5.81. The van der Waals surface area contributed by atoms with Gasteiger partial charge in [-0.05, 0) is 62.8 Å². The number of nitrogens with zero attached hydrogens (tertiary/aromatic N) is 4. The van der Waals surface area contributed by atoms with Gasteiger partial charge < -0.3 is 29.9 Å². The van der Waals surface area contributed by atoms with Crippen LogP contribution in [-0.2, 0) is 22.4 Å². The molecule has 2 N–H and O–H groups in total. The first-order chi connectivity index (χ1) is 18.6. The summed E-state index contributed by atoms with van der Waals surface area (Å²) in [5.41, 5.74) is 3.71. The van der Waals surface area contributed by atoms with Gasteiger partial charge in [0.05, 0.1) is 31.6 Å². The molecule has 39 heavy (non-hydrogen) atoms. The van der Waals surface area contributed by atoms with E-state index in [2.05, 4.69) is 36.3 Å². The molecule has 10 nitrogen and oxygen atoms in total. The van der Waals surface area contributed by atoms with Crippen molar-refractivity contribution in [3.05, 3.63) is 35.5 Å². The van der Waals surface area contributed by atoms with E-state index in [1.807, 2.05) is 38.1 Å². The van der Waals surface area contributed by atoms with E-state index in [1.165, 1.54) is 0 Å². The molecule has 0 aliphatic carbocycles. The lowest BCUT2D eigenvalue weighted by atomic mass is 9.91. The first-order valence-electron chi connectivity index (χ1n) is 13.9. The highest BCUT2D eigenvalue weighted by Gasteiger charge is 2.29. The lowest BCUT2D eigenvalue weighted by Crippen LogP contribution is -2.41. The van der Waals surface area contributed by atoms with Crippen molar-refractivity contribution in [1.29, 1.82) is 0 Å². The minimum absolute atomic E-state index is 0.179. The van der Waals surface area contributed by atoms with Gasteiger partial charge in [-0.2, -0.15) is 0 Å². The van der Waals surface area contributed by atoms with E-state index in [-0.39, 0.29) is 23.6 Å². The molecule has 0 spiro atoms. The number of carbonyl (C=O) groups is 2. The summed E-state index contributed by atoms with van der Waals surface area (Å²) in [4.78, 5) is 38.8. The van der Waals surface area contributed by atoms with Crippen LogP contribution in [0, 0.1) is 5.41 Å². The number of aromatic nitrogens is 2. The van der Waals surface area contributed by atoms with Crippen molar-refractivity contribution in [2.24, 2.45) is 5.41 Å². The van der Waals surface area contributed by atoms with Crippen LogP contribution in [0.25, 0.3) is 11.4 Å². The van der Waals surface area contributed by atoms with E-state index in [4.69, 9.17) is 19.4 Å². The van der Waals surface area contributed by atoms with E-state index in [1.54, 1.807) is 4.90 Å². The molecule has 212 valence electrons. The second-order valence-corrected chi connectivity index (χ2v) is 11.6. The predicted molar refractivity (Wildman–Crippen MR) is 152 cm³/mol. The fraction of sp³-hybridized carbons (Fsp3) is 0.586. The molecule has 3 amide bonds. The lowest BCUT2D eigenvalue weighted by Gasteiger charge is -2.34. The third kappa shape index (κ3) is 8.05. The number of nitrogens with one attached hydrogen (secondary N) is 2. The first-order valence-corrected chi connectivity index (χ1v) is 13.9. The second-order valence-electron chi connectivity index (χ2n) is 11.6. The smallest absolute Gasteiger partial charge is 0.410 e. The van der Waals surface area contributed by atoms with Crippen LogP contribution in [0.15, 0.2) is 24.3 Å². The third-order valence-corrected chi connectivity index (χ3v) is 6.74. The molecule has 10 heteroatoms. The quantitative estimate of drug-likeness (QED) is 0.486. The fourth-order valence-corrected chi connectivity index (χ4v) is 4.71. The van der Waals surface area contributed by atoms with Crippen LogP contribution < -0.4 is 15.5 Å². The van der Waals surface area contributed by atoms with Crippen molar-refractivity contribution < 1.29 is 19.1 Å². The predicted octanol–water partition coefficient (Wildman–Crippen LogP) is 4.83. The average molecular weight is 539 g/mol. The number of morpholine rings is 1. The van der Waals surface area contributed by atoms with Crippen LogP contribution in [0.4, 0.5) is 21.1 Å². The molecule has 1 aromatic carbocycles. The number of hydrogen-bond donors (Lipinski definition) is 2. The van der Waals surface area contributed by atoms with Gasteiger partial charge in [-0.3, -0.25) is 0 Å². The average Bonchev–Trinajstić information content (AvgIpc) is 2.90. The van der Waals surface area contributed by atoms with Gasteiger partial charge >= 0.3 is 12.1 Å². The van der Waals surface area contributed by atoms with Crippen LogP contribution in [0.3, 0.4) is 0 Å². The number of rotatable bonds is 7. The van der Waals surface area contributed by atoms with Gasteiger partial charge in [-0.1, -0.05) is 20.8 Å². The summed E-state index contributed by atoms with van der Waals surface area (Å²) in [6, 6.07) is 7.31. The Morgan fingerprint density at radius 1 is 1.08 bits per heavy atom. The van der Waals surface area contributed by atoms with Gasteiger partial charge in [0, 0.05) is 43.0 Å². The Labute approximate surface area is 231 Å². The number of fused-ring (bicyclic) bond motifs is 1. The van der Waals surface area contributed by atoms with E-state index >= 15 is 0 Å². The zero-order valence-corrected chi connectivity index (χ0v) is 23.9. The molecule has 4 rings (SSSR count). The van der Waals surface area contributed by atoms with Crippen molar-refractivity contribution in [3.8, 4) is 11.4 Å². The molecule has 0 atom stereocenters. The molecule has 0 saturated carbocycles. The summed E-state index contributed by atoms with van der Waals surface area (Å²) >= 11 is 0. The van der Waals surface area contributed by atoms with Crippen LogP contribution in [-0.4, -0.2) is 72.5 Å². The highest BCUT2D eigenvalue weighted by Crippen LogP contribution is 2.31. The Kier molecular flexibility index (Phi) is 9.27. The number of amides is 3. The molecule has 0 bridgehead atoms. The molecule has 2 aromatic rings. The van der Waals surface area contributed by atoms with Crippen molar-refractivity contribution in [1.82, 2.24) is 20.2 Å². The zero-order valence-electron chi connectivity index (χ0n) is 23.9. The summed E-state index contributed by atoms with van der Waals surface area (Å²) in [7, 11) is 0. The van der Waals surface area contributed by atoms with E-state index in [9.17, 15) is 9.59 Å². The monoisotopic (exact) mass is 538 g/mol. The number of hydrogen-bond acceptors (Lipinski definition) is 7. The number of urea groups is 1. The van der Waals surface area contributed by atoms with Crippen molar-refractivity contribution >= 4 is 23.6 Å². The Hall–Kier alpha value is -3.40. The number of anilines is 2. The van der Waals surface area contributed by atoms with Gasteiger partial charge in [-0.15, -0.1) is 0 Å². The molecule has 1 aromatic heterocycles. The van der Waals surface area contributed by atoms with Gasteiger partial charge in [0.1, 0.15) is 5.82 Å².